The zero-order valence-electron chi connectivity index (χ0n) is 26.7. The molecular formula is C32H46N8O6. The van der Waals surface area contributed by atoms with E-state index in [0.29, 0.717) is 38.5 Å². The number of hydrogen-bond donors (Lipinski definition) is 0. The number of hydrogen-bond acceptors (Lipinski definition) is 6. The third-order valence-electron chi connectivity index (χ3n) is 9.71. The smallest absolute Gasteiger partial charge is 0.360 e. The molecule has 2 aliphatic carbocycles. The largest absolute Gasteiger partial charge is 0.444 e. The molecule has 8 amide bonds. The zero-order valence-corrected chi connectivity index (χ0v) is 26.7. The number of amides is 8. The quantitative estimate of drug-likeness (QED) is 0.144. The summed E-state index contributed by atoms with van der Waals surface area (Å²) in [4.78, 5) is 87.0. The third kappa shape index (κ3) is 8.03. The number of barbiturate groups is 2. The van der Waals surface area contributed by atoms with E-state index in [2.05, 4.69) is 9.58 Å². The molecule has 46 heavy (non-hydrogen) atoms. The van der Waals surface area contributed by atoms with E-state index >= 15 is 0 Å². The van der Waals surface area contributed by atoms with E-state index in [-0.39, 0.29) is 25.2 Å². The van der Waals surface area contributed by atoms with Crippen LogP contribution in [0, 0.1) is 0 Å². The molecule has 4 aliphatic rings. The fourth-order valence-electron chi connectivity index (χ4n) is 7.12. The summed E-state index contributed by atoms with van der Waals surface area (Å²) in [5.41, 5.74) is 17.4. The normalized spacial score (nSPS) is 20.6. The van der Waals surface area contributed by atoms with Crippen molar-refractivity contribution in [1.29, 1.82) is 0 Å². The predicted molar refractivity (Wildman–Crippen MR) is 165 cm³/mol. The summed E-state index contributed by atoms with van der Waals surface area (Å²) in [5, 5.41) is 0. The number of carbonyl (C=O) groups is 6. The van der Waals surface area contributed by atoms with Gasteiger partial charge in [-0.1, -0.05) is 89.9 Å². The summed E-state index contributed by atoms with van der Waals surface area (Å²) in [5.74, 6) is -3.29. The Kier molecular flexibility index (Phi) is 12.9. The van der Waals surface area contributed by atoms with Crippen molar-refractivity contribution in [3.63, 3.8) is 0 Å². The Morgan fingerprint density at radius 2 is 0.761 bits per heavy atom. The standard InChI is InChI=1S/C32H46N8O6/c33-35-25-27(41)37(31(45)39(29(25)43)23-17-11-9-12-18-23)21-15-7-5-3-1-2-4-6-8-16-22-38-28(42)26(36-34)30(44)40(32(38)46)24-19-13-10-14-20-24/h23-24H,1-22H2. The van der Waals surface area contributed by atoms with E-state index in [1.807, 2.05) is 0 Å². The van der Waals surface area contributed by atoms with Crippen LogP contribution in [0.25, 0.3) is 11.1 Å². The molecule has 0 aromatic carbocycles. The second kappa shape index (κ2) is 17.1. The van der Waals surface area contributed by atoms with Crippen LogP contribution in [0.4, 0.5) is 9.59 Å². The molecule has 0 N–H and O–H groups in total. The molecule has 0 aromatic heterocycles. The minimum atomic E-state index is -0.837. The summed E-state index contributed by atoms with van der Waals surface area (Å²) < 4.78 is 0. The second-order valence-corrected chi connectivity index (χ2v) is 12.8. The molecule has 2 saturated heterocycles. The van der Waals surface area contributed by atoms with Gasteiger partial charge in [-0.15, -0.1) is 0 Å². The Bertz CT molecular complexity index is 1190. The zero-order chi connectivity index (χ0) is 33.1. The average Bonchev–Trinajstić information content (AvgIpc) is 3.05. The van der Waals surface area contributed by atoms with Crippen LogP contribution >= 0.6 is 0 Å². The lowest BCUT2D eigenvalue weighted by atomic mass is 9.93. The number of rotatable bonds is 15. The molecule has 2 saturated carbocycles. The monoisotopic (exact) mass is 638 g/mol. The van der Waals surface area contributed by atoms with Crippen LogP contribution in [0.15, 0.2) is 0 Å². The first-order valence-electron chi connectivity index (χ1n) is 17.1. The summed E-state index contributed by atoms with van der Waals surface area (Å²) >= 11 is 0. The van der Waals surface area contributed by atoms with Crippen molar-refractivity contribution in [1.82, 2.24) is 19.6 Å². The second-order valence-electron chi connectivity index (χ2n) is 12.8. The first kappa shape index (κ1) is 34.8. The van der Waals surface area contributed by atoms with Crippen LogP contribution in [0.3, 0.4) is 0 Å². The van der Waals surface area contributed by atoms with Crippen molar-refractivity contribution in [3.8, 4) is 0 Å². The highest BCUT2D eigenvalue weighted by Crippen LogP contribution is 2.27. The minimum Gasteiger partial charge on any atom is -0.360 e. The summed E-state index contributed by atoms with van der Waals surface area (Å²) in [7, 11) is 0. The fraction of sp³-hybridized carbons (Fsp3) is 0.750. The SMILES string of the molecule is [N-]=[N+]=C1C(=O)N(CCCCCCCCCCCCN2C(=O)C(=[N+]=[N-])C(=O)N(C3CCCCC3)C2=O)C(=O)N(C2CCCCC2)C1=O. The van der Waals surface area contributed by atoms with Gasteiger partial charge in [-0.3, -0.25) is 38.8 Å². The Hall–Kier alpha value is -4.02. The Morgan fingerprint density at radius 3 is 1.07 bits per heavy atom. The molecule has 0 bridgehead atoms. The number of nitrogens with zero attached hydrogens (tertiary/aromatic N) is 8. The van der Waals surface area contributed by atoms with Crippen LogP contribution in [0.1, 0.15) is 128 Å². The van der Waals surface area contributed by atoms with E-state index in [1.165, 1.54) is 0 Å². The van der Waals surface area contributed by atoms with Gasteiger partial charge in [0.1, 0.15) is 0 Å². The molecule has 14 nitrogen and oxygen atoms in total. The van der Waals surface area contributed by atoms with Gasteiger partial charge in [0.05, 0.1) is 0 Å². The molecule has 0 spiro atoms. The van der Waals surface area contributed by atoms with E-state index in [9.17, 15) is 39.8 Å². The number of imide groups is 4. The van der Waals surface area contributed by atoms with Crippen molar-refractivity contribution in [3.05, 3.63) is 11.1 Å². The topological polar surface area (TPSA) is 188 Å². The van der Waals surface area contributed by atoms with Gasteiger partial charge < -0.3 is 11.1 Å². The van der Waals surface area contributed by atoms with E-state index < -0.39 is 47.1 Å². The molecule has 4 rings (SSSR count). The van der Waals surface area contributed by atoms with E-state index in [1.54, 1.807) is 0 Å². The van der Waals surface area contributed by atoms with Crippen molar-refractivity contribution in [2.24, 2.45) is 0 Å². The van der Waals surface area contributed by atoms with E-state index in [0.717, 1.165) is 109 Å². The molecule has 2 aliphatic heterocycles. The average molecular weight is 639 g/mol. The fourth-order valence-corrected chi connectivity index (χ4v) is 7.12. The molecule has 250 valence electrons. The van der Waals surface area contributed by atoms with Crippen molar-refractivity contribution < 1.29 is 38.3 Å². The molecule has 0 radical (unpaired) electrons. The van der Waals surface area contributed by atoms with Gasteiger partial charge in [0.15, 0.2) is 0 Å². The van der Waals surface area contributed by atoms with Crippen molar-refractivity contribution >= 4 is 47.1 Å². The first-order valence-corrected chi connectivity index (χ1v) is 17.1. The lowest BCUT2D eigenvalue weighted by molar-refractivity contribution is -0.141. The van der Waals surface area contributed by atoms with Crippen molar-refractivity contribution in [2.75, 3.05) is 13.1 Å². The summed E-state index contributed by atoms with van der Waals surface area (Å²) in [6.07, 6.45) is 17.3. The van der Waals surface area contributed by atoms with Gasteiger partial charge in [-0.05, 0) is 38.5 Å². The predicted octanol–water partition coefficient (Wildman–Crippen LogP) is 4.48. The van der Waals surface area contributed by atoms with Crippen LogP contribution in [-0.2, 0) is 19.2 Å². The molecule has 0 atom stereocenters. The van der Waals surface area contributed by atoms with Gasteiger partial charge in [0, 0.05) is 25.2 Å². The minimum absolute atomic E-state index is 0.174. The van der Waals surface area contributed by atoms with Crippen molar-refractivity contribution in [2.45, 2.75) is 141 Å². The molecule has 0 aromatic rings. The maximum Gasteiger partial charge on any atom is 0.444 e. The summed E-state index contributed by atoms with van der Waals surface area (Å²) in [6, 6.07) is -1.76. The molecule has 0 unspecified atom stereocenters. The van der Waals surface area contributed by atoms with Gasteiger partial charge in [0.2, 0.25) is 0 Å². The van der Waals surface area contributed by atoms with Crippen LogP contribution in [-0.4, -0.2) is 101 Å². The lowest BCUT2D eigenvalue weighted by Gasteiger charge is -2.36. The van der Waals surface area contributed by atoms with Crippen LogP contribution in [0.2, 0.25) is 0 Å². The highest BCUT2D eigenvalue weighted by Gasteiger charge is 2.52. The van der Waals surface area contributed by atoms with Crippen LogP contribution < -0.4 is 0 Å². The van der Waals surface area contributed by atoms with Gasteiger partial charge in [0.25, 0.3) is 0 Å². The molecular weight excluding hydrogens is 592 g/mol. The van der Waals surface area contributed by atoms with Gasteiger partial charge >= 0.3 is 47.1 Å². The Morgan fingerprint density at radius 1 is 0.457 bits per heavy atom. The number of unbranched alkanes of at least 4 members (excludes halogenated alkanes) is 9. The van der Waals surface area contributed by atoms with Gasteiger partial charge in [-0.2, -0.15) is 9.58 Å². The van der Waals surface area contributed by atoms with E-state index in [4.69, 9.17) is 0 Å². The molecule has 4 fully saturated rings. The third-order valence-corrected chi connectivity index (χ3v) is 9.71. The number of carbonyl (C=O) groups excluding carboxylic acids is 6. The lowest BCUT2D eigenvalue weighted by Crippen LogP contribution is -2.63. The maximum atomic E-state index is 13.1. The molecule has 14 heteroatoms. The highest BCUT2D eigenvalue weighted by atomic mass is 16.2. The maximum absolute atomic E-state index is 13.1. The summed E-state index contributed by atoms with van der Waals surface area (Å²) in [6.45, 7) is 0.348. The van der Waals surface area contributed by atoms with Crippen LogP contribution in [0.5, 0.6) is 0 Å². The highest BCUT2D eigenvalue weighted by molar-refractivity contribution is 6.67. The Balaban J connectivity index is 1.10. The number of urea groups is 2. The Labute approximate surface area is 269 Å². The molecule has 2 heterocycles. The van der Waals surface area contributed by atoms with Gasteiger partial charge in [-0.25, -0.2) is 9.59 Å². The first-order chi connectivity index (χ1) is 22.3.